The zero-order chi connectivity index (χ0) is 23.8. The Bertz CT molecular complexity index is 1080. The van der Waals surface area contributed by atoms with Crippen LogP contribution < -0.4 is 0 Å². The van der Waals surface area contributed by atoms with E-state index in [1.54, 1.807) is 18.3 Å². The second-order valence-corrected chi connectivity index (χ2v) is 9.10. The van der Waals surface area contributed by atoms with Gasteiger partial charge < -0.3 is 14.4 Å². The maximum absolute atomic E-state index is 13.0. The number of benzene rings is 1. The molecule has 1 aliphatic heterocycles. The number of morpholine rings is 1. The molecule has 0 N–H and O–H groups in total. The van der Waals surface area contributed by atoms with Crippen LogP contribution in [0, 0.1) is 0 Å². The second-order valence-electron chi connectivity index (χ2n) is 8.26. The fraction of sp³-hybridized carbons (Fsp3) is 0.480. The van der Waals surface area contributed by atoms with E-state index in [0.29, 0.717) is 19.7 Å². The Balaban J connectivity index is 1.41. The molecule has 1 fully saturated rings. The van der Waals surface area contributed by atoms with Crippen molar-refractivity contribution in [2.75, 3.05) is 52.5 Å². The van der Waals surface area contributed by atoms with Crippen LogP contribution in [0.5, 0.6) is 0 Å². The average Bonchev–Trinajstić information content (AvgIpc) is 3.45. The van der Waals surface area contributed by atoms with E-state index in [1.807, 2.05) is 23.1 Å². The number of hydrogen-bond acceptors (Lipinski definition) is 7. The van der Waals surface area contributed by atoms with Gasteiger partial charge in [-0.2, -0.15) is 0 Å². The average molecular weight is 485 g/mol. The van der Waals surface area contributed by atoms with E-state index in [2.05, 4.69) is 33.0 Å². The normalized spacial score (nSPS) is 14.4. The summed E-state index contributed by atoms with van der Waals surface area (Å²) in [6.07, 6.45) is 3.07. The molecule has 0 atom stereocenters. The maximum Gasteiger partial charge on any atom is 0.306 e. The number of carbonyl (C=O) groups is 2. The van der Waals surface area contributed by atoms with Gasteiger partial charge in [-0.15, -0.1) is 11.3 Å². The molecule has 182 valence electrons. The van der Waals surface area contributed by atoms with Gasteiger partial charge in [0.05, 0.1) is 31.9 Å². The highest BCUT2D eigenvalue weighted by Gasteiger charge is 2.19. The van der Waals surface area contributed by atoms with Crippen molar-refractivity contribution in [2.24, 2.45) is 0 Å². The molecule has 9 heteroatoms. The van der Waals surface area contributed by atoms with Gasteiger partial charge in [-0.3, -0.25) is 18.9 Å². The van der Waals surface area contributed by atoms with Gasteiger partial charge in [-0.1, -0.05) is 30.3 Å². The number of rotatable bonds is 11. The quantitative estimate of drug-likeness (QED) is 0.389. The van der Waals surface area contributed by atoms with Crippen molar-refractivity contribution < 1.29 is 19.1 Å². The zero-order valence-corrected chi connectivity index (χ0v) is 20.5. The lowest BCUT2D eigenvalue weighted by Crippen LogP contribution is -2.43. The molecule has 1 saturated heterocycles. The SMILES string of the molecule is CCOC(=O)CCC(=O)N(CCc1csc2nc(-c3ccccc3)cn12)CCN1CCOCC1. The summed E-state index contributed by atoms with van der Waals surface area (Å²) >= 11 is 1.61. The van der Waals surface area contributed by atoms with Crippen molar-refractivity contribution in [1.29, 1.82) is 0 Å². The van der Waals surface area contributed by atoms with Crippen molar-refractivity contribution in [1.82, 2.24) is 19.2 Å². The monoisotopic (exact) mass is 484 g/mol. The van der Waals surface area contributed by atoms with E-state index in [1.165, 1.54) is 0 Å². The van der Waals surface area contributed by atoms with Crippen LogP contribution in [-0.4, -0.2) is 83.6 Å². The van der Waals surface area contributed by atoms with Crippen LogP contribution in [0.2, 0.25) is 0 Å². The first kappa shape index (κ1) is 24.4. The number of esters is 1. The molecule has 8 nitrogen and oxygen atoms in total. The first-order valence-electron chi connectivity index (χ1n) is 11.9. The number of fused-ring (bicyclic) bond motifs is 1. The number of nitrogens with zero attached hydrogens (tertiary/aromatic N) is 4. The molecule has 1 aliphatic rings. The van der Waals surface area contributed by atoms with Crippen LogP contribution in [0.1, 0.15) is 25.5 Å². The predicted molar refractivity (Wildman–Crippen MR) is 132 cm³/mol. The molecular weight excluding hydrogens is 452 g/mol. The minimum Gasteiger partial charge on any atom is -0.466 e. The van der Waals surface area contributed by atoms with Crippen molar-refractivity contribution in [2.45, 2.75) is 26.2 Å². The van der Waals surface area contributed by atoms with Crippen molar-refractivity contribution >= 4 is 28.2 Å². The smallest absolute Gasteiger partial charge is 0.306 e. The van der Waals surface area contributed by atoms with Gasteiger partial charge >= 0.3 is 5.97 Å². The summed E-state index contributed by atoms with van der Waals surface area (Å²) < 4.78 is 12.5. The first-order chi connectivity index (χ1) is 16.6. The van der Waals surface area contributed by atoms with Crippen LogP contribution in [0.15, 0.2) is 41.9 Å². The Morgan fingerprint density at radius 1 is 1.15 bits per heavy atom. The van der Waals surface area contributed by atoms with E-state index < -0.39 is 0 Å². The minimum atomic E-state index is -0.324. The highest BCUT2D eigenvalue weighted by atomic mass is 32.1. The summed E-state index contributed by atoms with van der Waals surface area (Å²) in [7, 11) is 0. The summed E-state index contributed by atoms with van der Waals surface area (Å²) in [5, 5.41) is 2.11. The van der Waals surface area contributed by atoms with E-state index in [9.17, 15) is 9.59 Å². The van der Waals surface area contributed by atoms with Crippen molar-refractivity contribution in [3.05, 3.63) is 47.6 Å². The lowest BCUT2D eigenvalue weighted by Gasteiger charge is -2.30. The number of hydrogen-bond donors (Lipinski definition) is 0. The topological polar surface area (TPSA) is 76.4 Å². The lowest BCUT2D eigenvalue weighted by atomic mass is 10.2. The van der Waals surface area contributed by atoms with Gasteiger partial charge in [0.1, 0.15) is 0 Å². The highest BCUT2D eigenvalue weighted by Crippen LogP contribution is 2.24. The van der Waals surface area contributed by atoms with Crippen LogP contribution in [0.25, 0.3) is 16.2 Å². The van der Waals surface area contributed by atoms with Gasteiger partial charge in [0, 0.05) is 68.4 Å². The molecule has 0 radical (unpaired) electrons. The largest absolute Gasteiger partial charge is 0.466 e. The molecule has 1 aromatic carbocycles. The third-order valence-corrected chi connectivity index (χ3v) is 6.87. The molecule has 0 spiro atoms. The van der Waals surface area contributed by atoms with Crippen LogP contribution in [0.3, 0.4) is 0 Å². The van der Waals surface area contributed by atoms with Crippen LogP contribution in [0.4, 0.5) is 0 Å². The van der Waals surface area contributed by atoms with E-state index in [0.717, 1.165) is 61.2 Å². The molecule has 1 amide bonds. The summed E-state index contributed by atoms with van der Waals surface area (Å²) in [5.41, 5.74) is 3.17. The van der Waals surface area contributed by atoms with E-state index in [4.69, 9.17) is 14.5 Å². The Kier molecular flexibility index (Phi) is 8.67. The first-order valence-corrected chi connectivity index (χ1v) is 12.8. The van der Waals surface area contributed by atoms with Gasteiger partial charge in [-0.05, 0) is 6.92 Å². The van der Waals surface area contributed by atoms with Gasteiger partial charge in [-0.25, -0.2) is 4.98 Å². The molecule has 34 heavy (non-hydrogen) atoms. The zero-order valence-electron chi connectivity index (χ0n) is 19.6. The van der Waals surface area contributed by atoms with Crippen LogP contribution in [-0.2, 0) is 25.5 Å². The Morgan fingerprint density at radius 2 is 1.94 bits per heavy atom. The number of carbonyl (C=O) groups excluding carboxylic acids is 2. The molecule has 3 aromatic rings. The van der Waals surface area contributed by atoms with Crippen LogP contribution >= 0.6 is 11.3 Å². The minimum absolute atomic E-state index is 0.0107. The van der Waals surface area contributed by atoms with E-state index in [-0.39, 0.29) is 24.7 Å². The van der Waals surface area contributed by atoms with Crippen molar-refractivity contribution in [3.63, 3.8) is 0 Å². The summed E-state index contributed by atoms with van der Waals surface area (Å²) in [6.45, 7) is 7.36. The molecular formula is C25H32N4O4S. The van der Waals surface area contributed by atoms with Gasteiger partial charge in [0.15, 0.2) is 4.96 Å². The molecule has 3 heterocycles. The summed E-state index contributed by atoms with van der Waals surface area (Å²) in [5.74, 6) is -0.334. The molecule has 4 rings (SSSR count). The summed E-state index contributed by atoms with van der Waals surface area (Å²) in [4.78, 5) is 34.7. The van der Waals surface area contributed by atoms with E-state index >= 15 is 0 Å². The molecule has 0 aliphatic carbocycles. The third-order valence-electron chi connectivity index (χ3n) is 5.98. The number of ether oxygens (including phenoxy) is 2. The second kappa shape index (κ2) is 12.1. The lowest BCUT2D eigenvalue weighted by molar-refractivity contribution is -0.145. The highest BCUT2D eigenvalue weighted by molar-refractivity contribution is 7.15. The maximum atomic E-state index is 13.0. The van der Waals surface area contributed by atoms with Crippen molar-refractivity contribution in [3.8, 4) is 11.3 Å². The summed E-state index contributed by atoms with van der Waals surface area (Å²) in [6, 6.07) is 10.1. The number of imidazole rings is 1. The Labute approximate surface area is 204 Å². The number of aromatic nitrogens is 2. The Morgan fingerprint density at radius 3 is 2.71 bits per heavy atom. The fourth-order valence-corrected chi connectivity index (χ4v) is 4.96. The molecule has 0 unspecified atom stereocenters. The fourth-order valence-electron chi connectivity index (χ4n) is 4.05. The Hall–Kier alpha value is -2.75. The number of thiazole rings is 1. The third kappa shape index (κ3) is 6.43. The van der Waals surface area contributed by atoms with Gasteiger partial charge in [0.25, 0.3) is 0 Å². The standard InChI is InChI=1S/C25H32N4O4S/c1-2-33-24(31)9-8-23(30)28(13-12-27-14-16-32-17-15-27)11-10-21-19-34-25-26-22(18-29(21)25)20-6-4-3-5-7-20/h3-7,18-19H,2,8-17H2,1H3. The number of amides is 1. The molecule has 2 aromatic heterocycles. The molecule has 0 bridgehead atoms. The van der Waals surface area contributed by atoms with Gasteiger partial charge in [0.2, 0.25) is 5.91 Å². The predicted octanol–water partition coefficient (Wildman–Crippen LogP) is 3.11. The molecule has 0 saturated carbocycles.